The largest absolute Gasteiger partial charge is 0.333 e. The first-order chi connectivity index (χ1) is 12.7. The lowest BCUT2D eigenvalue weighted by atomic mass is 10.1. The van der Waals surface area contributed by atoms with E-state index in [9.17, 15) is 4.79 Å². The highest BCUT2D eigenvalue weighted by molar-refractivity contribution is 7.19. The Balaban J connectivity index is 1.74. The summed E-state index contributed by atoms with van der Waals surface area (Å²) in [7, 11) is 1.93. The molecule has 0 saturated heterocycles. The summed E-state index contributed by atoms with van der Waals surface area (Å²) in [5.41, 5.74) is 1.98. The maximum atomic E-state index is 12.4. The van der Waals surface area contributed by atoms with Gasteiger partial charge in [-0.25, -0.2) is 15.0 Å². The second-order valence-corrected chi connectivity index (χ2v) is 6.47. The number of aryl methyl sites for hydroxylation is 1. The smallest absolute Gasteiger partial charge is 0.277 e. The molecule has 0 saturated carbocycles. The average Bonchev–Trinajstić information content (AvgIpc) is 3.29. The minimum Gasteiger partial charge on any atom is -0.333 e. The fraction of sp³-hybridized carbons (Fsp3) is 0.0556. The lowest BCUT2D eigenvalue weighted by molar-refractivity contribution is 0.102. The van der Waals surface area contributed by atoms with E-state index in [1.54, 1.807) is 6.20 Å². The van der Waals surface area contributed by atoms with Crippen molar-refractivity contribution in [2.45, 2.75) is 0 Å². The third-order valence-electron chi connectivity index (χ3n) is 3.71. The van der Waals surface area contributed by atoms with Crippen molar-refractivity contribution in [2.24, 2.45) is 7.05 Å². The van der Waals surface area contributed by atoms with E-state index in [4.69, 9.17) is 0 Å². The molecule has 3 heterocycles. The number of carbonyl (C=O) groups excluding carboxylic acids is 1. The molecule has 128 valence electrons. The van der Waals surface area contributed by atoms with Crippen LogP contribution in [0, 0.1) is 0 Å². The molecule has 4 aromatic rings. The predicted octanol–water partition coefficient (Wildman–Crippen LogP) is 3.25. The number of nitrogens with one attached hydrogen (secondary N) is 1. The molecule has 1 N–H and O–H groups in total. The number of amides is 1. The van der Waals surface area contributed by atoms with E-state index in [2.05, 4.69) is 25.3 Å². The number of carbonyl (C=O) groups is 1. The van der Waals surface area contributed by atoms with Gasteiger partial charge in [0.2, 0.25) is 0 Å². The van der Waals surface area contributed by atoms with Crippen LogP contribution in [0.3, 0.4) is 0 Å². The van der Waals surface area contributed by atoms with Gasteiger partial charge in [0.05, 0.1) is 16.8 Å². The van der Waals surface area contributed by atoms with Gasteiger partial charge in [-0.2, -0.15) is 0 Å². The molecule has 0 unspecified atom stereocenters. The number of imidazole rings is 1. The van der Waals surface area contributed by atoms with Gasteiger partial charge in [-0.1, -0.05) is 41.7 Å². The van der Waals surface area contributed by atoms with Crippen molar-refractivity contribution in [1.82, 2.24) is 24.5 Å². The van der Waals surface area contributed by atoms with Crippen LogP contribution >= 0.6 is 11.3 Å². The Morgan fingerprint density at radius 2 is 1.96 bits per heavy atom. The lowest BCUT2D eigenvalue weighted by Gasteiger charge is -2.02. The maximum absolute atomic E-state index is 12.4. The van der Waals surface area contributed by atoms with E-state index in [0.717, 1.165) is 22.0 Å². The second kappa shape index (κ2) is 6.85. The van der Waals surface area contributed by atoms with Crippen molar-refractivity contribution in [3.63, 3.8) is 0 Å². The summed E-state index contributed by atoms with van der Waals surface area (Å²) >= 11 is 1.37. The molecular weight excluding hydrogens is 348 g/mol. The Hall–Kier alpha value is -3.39. The number of thiazole rings is 1. The Labute approximate surface area is 153 Å². The number of aromatic nitrogens is 5. The molecule has 0 fully saturated rings. The number of rotatable bonds is 4. The first kappa shape index (κ1) is 16.1. The van der Waals surface area contributed by atoms with Gasteiger partial charge in [0.25, 0.3) is 5.91 Å². The van der Waals surface area contributed by atoms with Gasteiger partial charge >= 0.3 is 0 Å². The molecule has 0 atom stereocenters. The third-order valence-corrected chi connectivity index (χ3v) is 4.68. The number of hydrogen-bond acceptors (Lipinski definition) is 6. The van der Waals surface area contributed by atoms with Crippen LogP contribution in [0.2, 0.25) is 0 Å². The van der Waals surface area contributed by atoms with Crippen LogP contribution < -0.4 is 5.32 Å². The minimum atomic E-state index is -0.349. The predicted molar refractivity (Wildman–Crippen MR) is 99.7 cm³/mol. The van der Waals surface area contributed by atoms with Crippen molar-refractivity contribution in [3.05, 3.63) is 67.0 Å². The quantitative estimate of drug-likeness (QED) is 0.602. The van der Waals surface area contributed by atoms with Gasteiger partial charge in [0, 0.05) is 37.4 Å². The van der Waals surface area contributed by atoms with Gasteiger partial charge in [-0.3, -0.25) is 15.1 Å². The molecule has 0 spiro atoms. The molecule has 0 aliphatic heterocycles. The monoisotopic (exact) mass is 362 g/mol. The van der Waals surface area contributed by atoms with Gasteiger partial charge < -0.3 is 4.57 Å². The van der Waals surface area contributed by atoms with Crippen LogP contribution in [0.25, 0.3) is 22.0 Å². The van der Waals surface area contributed by atoms with E-state index < -0.39 is 0 Å². The van der Waals surface area contributed by atoms with E-state index in [-0.39, 0.29) is 11.6 Å². The topological polar surface area (TPSA) is 85.6 Å². The molecule has 4 rings (SSSR count). The molecule has 0 aliphatic carbocycles. The third kappa shape index (κ3) is 3.09. The molecule has 0 radical (unpaired) electrons. The molecule has 0 bridgehead atoms. The van der Waals surface area contributed by atoms with Crippen LogP contribution in [0.5, 0.6) is 0 Å². The van der Waals surface area contributed by atoms with Gasteiger partial charge in [-0.15, -0.1) is 0 Å². The fourth-order valence-electron chi connectivity index (χ4n) is 2.48. The van der Waals surface area contributed by atoms with E-state index in [1.807, 2.05) is 48.1 Å². The fourth-order valence-corrected chi connectivity index (χ4v) is 3.50. The van der Waals surface area contributed by atoms with Crippen LogP contribution in [0.15, 0.2) is 61.3 Å². The van der Waals surface area contributed by atoms with Crippen LogP contribution in [0.4, 0.5) is 5.13 Å². The zero-order valence-corrected chi connectivity index (χ0v) is 14.6. The highest BCUT2D eigenvalue weighted by Crippen LogP contribution is 2.38. The van der Waals surface area contributed by atoms with Crippen molar-refractivity contribution >= 4 is 22.4 Å². The highest BCUT2D eigenvalue weighted by Gasteiger charge is 2.19. The number of benzene rings is 1. The maximum Gasteiger partial charge on any atom is 0.277 e. The molecule has 3 aromatic heterocycles. The summed E-state index contributed by atoms with van der Waals surface area (Å²) in [5.74, 6) is 0.444. The Kier molecular flexibility index (Phi) is 4.24. The molecule has 0 aliphatic rings. The summed E-state index contributed by atoms with van der Waals surface area (Å²) in [6.07, 6.45) is 8.03. The van der Waals surface area contributed by atoms with Gasteiger partial charge in [0.1, 0.15) is 5.69 Å². The number of hydrogen-bond donors (Lipinski definition) is 1. The van der Waals surface area contributed by atoms with Gasteiger partial charge in [0.15, 0.2) is 11.0 Å². The molecular formula is C18H14N6OS. The summed E-state index contributed by atoms with van der Waals surface area (Å²) in [6.45, 7) is 0. The zero-order valence-electron chi connectivity index (χ0n) is 13.8. The normalized spacial score (nSPS) is 10.7. The van der Waals surface area contributed by atoms with Crippen LogP contribution in [0.1, 0.15) is 10.5 Å². The van der Waals surface area contributed by atoms with E-state index >= 15 is 0 Å². The van der Waals surface area contributed by atoms with Crippen LogP contribution in [-0.4, -0.2) is 30.4 Å². The lowest BCUT2D eigenvalue weighted by Crippen LogP contribution is -2.13. The molecule has 7 nitrogen and oxygen atoms in total. The highest BCUT2D eigenvalue weighted by atomic mass is 32.1. The summed E-state index contributed by atoms with van der Waals surface area (Å²) in [4.78, 5) is 30.2. The van der Waals surface area contributed by atoms with E-state index in [1.165, 1.54) is 29.9 Å². The molecule has 1 aromatic carbocycles. The van der Waals surface area contributed by atoms with Crippen molar-refractivity contribution in [3.8, 4) is 22.0 Å². The number of nitrogens with zero attached hydrogens (tertiary/aromatic N) is 5. The zero-order chi connectivity index (χ0) is 17.9. The Morgan fingerprint density at radius 3 is 2.65 bits per heavy atom. The SMILES string of the molecule is Cn1ccnc1-c1sc(NC(=O)c2cnccn2)nc1-c1ccccc1. The Bertz CT molecular complexity index is 1040. The van der Waals surface area contributed by atoms with Gasteiger partial charge in [-0.05, 0) is 0 Å². The number of anilines is 1. The van der Waals surface area contributed by atoms with E-state index in [0.29, 0.717) is 5.13 Å². The minimum absolute atomic E-state index is 0.238. The molecule has 1 amide bonds. The molecule has 26 heavy (non-hydrogen) atoms. The standard InChI is InChI=1S/C18H14N6OS/c1-24-10-9-21-16(24)15-14(12-5-3-2-4-6-12)22-18(26-15)23-17(25)13-11-19-7-8-20-13/h2-11H,1H3,(H,22,23,25). The van der Waals surface area contributed by atoms with Crippen molar-refractivity contribution < 1.29 is 4.79 Å². The van der Waals surface area contributed by atoms with Crippen molar-refractivity contribution in [1.29, 1.82) is 0 Å². The average molecular weight is 362 g/mol. The summed E-state index contributed by atoms with van der Waals surface area (Å²) in [6, 6.07) is 9.82. The first-order valence-corrected chi connectivity index (χ1v) is 8.65. The van der Waals surface area contributed by atoms with Crippen LogP contribution in [-0.2, 0) is 7.05 Å². The van der Waals surface area contributed by atoms with Crippen molar-refractivity contribution in [2.75, 3.05) is 5.32 Å². The summed E-state index contributed by atoms with van der Waals surface area (Å²) < 4.78 is 1.92. The second-order valence-electron chi connectivity index (χ2n) is 5.47. The Morgan fingerprint density at radius 1 is 1.12 bits per heavy atom. The molecule has 8 heteroatoms. The first-order valence-electron chi connectivity index (χ1n) is 7.83. The summed E-state index contributed by atoms with van der Waals surface area (Å²) in [5, 5.41) is 3.28.